The highest BCUT2D eigenvalue weighted by atomic mass is 16.5. The molecule has 2 aromatic heterocycles. The largest absolute Gasteiger partial charge is 0.375 e. The Morgan fingerprint density at radius 1 is 1.16 bits per heavy atom. The highest BCUT2D eigenvalue weighted by Crippen LogP contribution is 2.36. The fraction of sp³-hybridized carbons (Fsp3) is 0.667. The van der Waals surface area contributed by atoms with E-state index in [1.807, 2.05) is 15.5 Å². The predicted molar refractivity (Wildman–Crippen MR) is 109 cm³/mol. The first-order valence-corrected chi connectivity index (χ1v) is 11.2. The smallest absolute Gasteiger partial charge is 0.255 e. The Hall–Kier alpha value is -2.59. The summed E-state index contributed by atoms with van der Waals surface area (Å²) in [6.07, 6.45) is 4.39. The topological polar surface area (TPSA) is 98.4 Å². The summed E-state index contributed by atoms with van der Waals surface area (Å²) in [5, 5.41) is 11.0. The molecule has 6 rings (SSSR count). The van der Waals surface area contributed by atoms with Crippen molar-refractivity contribution in [3.05, 3.63) is 40.1 Å². The minimum absolute atomic E-state index is 0.129. The Kier molecular flexibility index (Phi) is 4.64. The van der Waals surface area contributed by atoms with Crippen LogP contribution in [0.5, 0.6) is 0 Å². The second-order valence-electron chi connectivity index (χ2n) is 9.39. The van der Waals surface area contributed by atoms with E-state index in [-0.39, 0.29) is 17.4 Å². The fourth-order valence-electron chi connectivity index (χ4n) is 5.86. The van der Waals surface area contributed by atoms with Gasteiger partial charge in [-0.25, -0.2) is 4.68 Å². The maximum atomic E-state index is 13.3. The van der Waals surface area contributed by atoms with Crippen LogP contribution < -0.4 is 5.56 Å². The van der Waals surface area contributed by atoms with E-state index in [9.17, 15) is 9.59 Å². The van der Waals surface area contributed by atoms with E-state index in [4.69, 9.17) is 4.74 Å². The number of piperidine rings is 1. The number of carbonyl (C=O) groups excluding carboxylic acids is 1. The zero-order chi connectivity index (χ0) is 20.9. The first kappa shape index (κ1) is 19.1. The summed E-state index contributed by atoms with van der Waals surface area (Å²) in [6.45, 7) is 5.01. The zero-order valence-corrected chi connectivity index (χ0v) is 17.5. The number of aryl methyl sites for hydroxylation is 1. The molecule has 2 aromatic rings. The maximum Gasteiger partial charge on any atom is 0.255 e. The molecule has 0 saturated carbocycles. The molecular weight excluding hydrogens is 398 g/mol. The number of likely N-dealkylation sites (tertiary alicyclic amines) is 2. The van der Waals surface area contributed by atoms with Crippen LogP contribution in [0, 0.1) is 5.92 Å². The Morgan fingerprint density at radius 3 is 2.87 bits per heavy atom. The van der Waals surface area contributed by atoms with Gasteiger partial charge in [-0.3, -0.25) is 14.5 Å². The third-order valence-electron chi connectivity index (χ3n) is 7.37. The van der Waals surface area contributed by atoms with Crippen molar-refractivity contribution in [3.63, 3.8) is 0 Å². The second-order valence-corrected chi connectivity index (χ2v) is 9.39. The van der Waals surface area contributed by atoms with Crippen LogP contribution in [-0.2, 0) is 29.2 Å². The molecule has 1 amide bonds. The van der Waals surface area contributed by atoms with Gasteiger partial charge in [-0.1, -0.05) is 6.07 Å². The van der Waals surface area contributed by atoms with E-state index < -0.39 is 0 Å². The number of rotatable bonds is 5. The summed E-state index contributed by atoms with van der Waals surface area (Å²) in [5.74, 6) is 0.679. The molecule has 4 aliphatic heterocycles. The minimum atomic E-state index is 0.129. The third kappa shape index (κ3) is 3.47. The normalized spacial score (nSPS) is 29.4. The molecule has 0 aliphatic carbocycles. The third-order valence-corrected chi connectivity index (χ3v) is 7.37. The molecule has 10 nitrogen and oxygen atoms in total. The molecule has 3 saturated heterocycles. The van der Waals surface area contributed by atoms with Crippen molar-refractivity contribution < 1.29 is 9.53 Å². The predicted octanol–water partition coefficient (Wildman–Crippen LogP) is -0.156. The number of carbonyl (C=O) groups is 1. The van der Waals surface area contributed by atoms with Crippen LogP contribution >= 0.6 is 0 Å². The monoisotopic (exact) mass is 425 g/mol. The Morgan fingerprint density at radius 2 is 2.10 bits per heavy atom. The van der Waals surface area contributed by atoms with Crippen molar-refractivity contribution in [2.24, 2.45) is 5.92 Å². The lowest BCUT2D eigenvalue weighted by Crippen LogP contribution is -2.49. The van der Waals surface area contributed by atoms with Crippen LogP contribution in [0.3, 0.4) is 0 Å². The van der Waals surface area contributed by atoms with Crippen molar-refractivity contribution in [1.82, 2.24) is 34.6 Å². The highest BCUT2D eigenvalue weighted by Gasteiger charge is 2.40. The number of amides is 1. The molecule has 164 valence electrons. The van der Waals surface area contributed by atoms with Crippen molar-refractivity contribution in [2.75, 3.05) is 26.2 Å². The van der Waals surface area contributed by atoms with Gasteiger partial charge in [0.2, 0.25) is 5.91 Å². The number of fused-ring (bicyclic) bond motifs is 6. The Bertz CT molecular complexity index is 1040. The lowest BCUT2D eigenvalue weighted by Gasteiger charge is -2.43. The van der Waals surface area contributed by atoms with E-state index in [1.165, 1.54) is 6.33 Å². The first-order chi connectivity index (χ1) is 15.1. The van der Waals surface area contributed by atoms with Crippen molar-refractivity contribution >= 4 is 5.91 Å². The van der Waals surface area contributed by atoms with E-state index in [0.717, 1.165) is 37.3 Å². The molecule has 0 aromatic carbocycles. The van der Waals surface area contributed by atoms with Crippen LogP contribution in [0.1, 0.15) is 36.4 Å². The second kappa shape index (κ2) is 7.52. The van der Waals surface area contributed by atoms with E-state index in [1.54, 1.807) is 4.68 Å². The van der Waals surface area contributed by atoms with E-state index in [2.05, 4.69) is 26.5 Å². The van der Waals surface area contributed by atoms with Crippen molar-refractivity contribution in [1.29, 1.82) is 0 Å². The molecule has 4 bridgehead atoms. The molecule has 0 spiro atoms. The van der Waals surface area contributed by atoms with Gasteiger partial charge in [-0.15, -0.1) is 5.10 Å². The summed E-state index contributed by atoms with van der Waals surface area (Å²) < 4.78 is 9.26. The molecule has 4 atom stereocenters. The number of morpholine rings is 1. The molecule has 10 heteroatoms. The van der Waals surface area contributed by atoms with Crippen molar-refractivity contribution in [3.8, 4) is 0 Å². The van der Waals surface area contributed by atoms with Gasteiger partial charge < -0.3 is 14.2 Å². The summed E-state index contributed by atoms with van der Waals surface area (Å²) in [4.78, 5) is 30.4. The minimum Gasteiger partial charge on any atom is -0.375 e. The number of hydrogen-bond donors (Lipinski definition) is 0. The van der Waals surface area contributed by atoms with Gasteiger partial charge in [-0.05, 0) is 35.3 Å². The molecule has 0 unspecified atom stereocenters. The number of aromatic nitrogens is 5. The number of pyridine rings is 1. The molecule has 31 heavy (non-hydrogen) atoms. The lowest BCUT2D eigenvalue weighted by molar-refractivity contribution is -0.134. The molecule has 6 heterocycles. The van der Waals surface area contributed by atoms with Crippen molar-refractivity contribution in [2.45, 2.75) is 57.0 Å². The zero-order valence-electron chi connectivity index (χ0n) is 17.5. The number of ether oxygens (including phenoxy) is 1. The molecule has 0 N–H and O–H groups in total. The average molecular weight is 425 g/mol. The molecule has 3 fully saturated rings. The van der Waals surface area contributed by atoms with Gasteiger partial charge in [0, 0.05) is 62.4 Å². The summed E-state index contributed by atoms with van der Waals surface area (Å²) in [5.41, 5.74) is 2.11. The van der Waals surface area contributed by atoms with Gasteiger partial charge in [-0.2, -0.15) is 0 Å². The lowest BCUT2D eigenvalue weighted by atomic mass is 9.83. The summed E-state index contributed by atoms with van der Waals surface area (Å²) >= 11 is 0. The Labute approximate surface area is 179 Å². The van der Waals surface area contributed by atoms with E-state index in [0.29, 0.717) is 57.2 Å². The fourth-order valence-corrected chi connectivity index (χ4v) is 5.86. The molecule has 4 aliphatic rings. The maximum absolute atomic E-state index is 13.3. The first-order valence-electron chi connectivity index (χ1n) is 11.2. The SMILES string of the molecule is O=C(CCn1cnnn1)N1C[C@@H]2C[C@H](C1)c1ccc(CN3C[C@@H]4C[C@H]3CO4)c(=O)n1C2. The van der Waals surface area contributed by atoms with Gasteiger partial charge >= 0.3 is 0 Å². The number of tetrazole rings is 1. The van der Waals surface area contributed by atoms with Crippen LogP contribution in [0.25, 0.3) is 0 Å². The van der Waals surface area contributed by atoms with Gasteiger partial charge in [0.15, 0.2) is 0 Å². The number of nitrogens with zero attached hydrogens (tertiary/aromatic N) is 7. The van der Waals surface area contributed by atoms with Crippen LogP contribution in [0.2, 0.25) is 0 Å². The van der Waals surface area contributed by atoms with Gasteiger partial charge in [0.25, 0.3) is 5.56 Å². The summed E-state index contributed by atoms with van der Waals surface area (Å²) in [6, 6.07) is 4.59. The van der Waals surface area contributed by atoms with Crippen LogP contribution in [0.15, 0.2) is 23.3 Å². The highest BCUT2D eigenvalue weighted by molar-refractivity contribution is 5.76. The number of hydrogen-bond acceptors (Lipinski definition) is 7. The molecular formula is C21H27N7O3. The van der Waals surface area contributed by atoms with Crippen LogP contribution in [-0.4, -0.2) is 78.9 Å². The summed E-state index contributed by atoms with van der Waals surface area (Å²) in [7, 11) is 0. The molecule has 0 radical (unpaired) electrons. The van der Waals surface area contributed by atoms with Crippen LogP contribution in [0.4, 0.5) is 0 Å². The van der Waals surface area contributed by atoms with Gasteiger partial charge in [0.05, 0.1) is 19.3 Å². The van der Waals surface area contributed by atoms with Gasteiger partial charge in [0.1, 0.15) is 6.33 Å². The Balaban J connectivity index is 1.16. The standard InChI is InChI=1S/C21H27N7O3/c29-20(3-4-27-13-22-23-24-27)26-7-14-5-16(10-26)19-2-1-15(21(30)28(19)8-14)9-25-11-18-6-17(25)12-31-18/h1-2,13-14,16-18H,3-12H2/t14-,16+,17-,18-/m0/s1. The quantitative estimate of drug-likeness (QED) is 0.657. The average Bonchev–Trinajstić information content (AvgIpc) is 3.53. The van der Waals surface area contributed by atoms with E-state index >= 15 is 0 Å².